The Bertz CT molecular complexity index is 2610. The summed E-state index contributed by atoms with van der Waals surface area (Å²) in [5.41, 5.74) is 10.6. The number of rotatable bonds is 5. The predicted octanol–water partition coefficient (Wildman–Crippen LogP) is 12.1. The van der Waals surface area contributed by atoms with Crippen molar-refractivity contribution in [1.82, 2.24) is 9.13 Å². The molecule has 9 rings (SSSR count). The van der Waals surface area contributed by atoms with Gasteiger partial charge in [0.05, 0.1) is 22.1 Å². The second-order valence-corrected chi connectivity index (χ2v) is 12.8. The molecule has 0 saturated heterocycles. The van der Waals surface area contributed by atoms with Crippen molar-refractivity contribution in [3.05, 3.63) is 145 Å². The summed E-state index contributed by atoms with van der Waals surface area (Å²) in [4.78, 5) is 4.47. The molecule has 0 fully saturated rings. The molecule has 46 heavy (non-hydrogen) atoms. The third-order valence-electron chi connectivity index (χ3n) is 9.16. The fourth-order valence-corrected chi connectivity index (χ4v) is 8.09. The Hall–Kier alpha value is -5.71. The SMILES string of the molecule is C=Nc1sc2ccc(-c3ccccc3)cc2c1C=C(C)n1c2ccccc2c2cc(-n3c4ccccc4c4ccccc43)ccc21. The third-order valence-corrected chi connectivity index (χ3v) is 10.3. The molecule has 3 aromatic heterocycles. The van der Waals surface area contributed by atoms with Gasteiger partial charge >= 0.3 is 0 Å². The van der Waals surface area contributed by atoms with Crippen LogP contribution in [0.3, 0.4) is 0 Å². The minimum atomic E-state index is 0.939. The van der Waals surface area contributed by atoms with Crippen molar-refractivity contribution in [2.24, 2.45) is 4.99 Å². The zero-order valence-corrected chi connectivity index (χ0v) is 26.1. The van der Waals surface area contributed by atoms with E-state index in [-0.39, 0.29) is 0 Å². The van der Waals surface area contributed by atoms with Crippen LogP contribution in [0, 0.1) is 0 Å². The number of aromatic nitrogens is 2. The van der Waals surface area contributed by atoms with Crippen molar-refractivity contribution in [3.8, 4) is 16.8 Å². The maximum Gasteiger partial charge on any atom is 0.123 e. The standard InChI is InChI=1S/C42H29N3S/c1-27(24-36-35-25-29(28-12-4-3-5-13-28)20-23-41(35)46-42(36)43-2)44-37-17-9-8-16-33(37)34-26-30(21-22-40(34)44)45-38-18-10-6-14-31(38)32-15-7-11-19-39(32)45/h3-26H,2H2,1H3. The van der Waals surface area contributed by atoms with Gasteiger partial charge in [0, 0.05) is 48.6 Å². The molecule has 218 valence electrons. The van der Waals surface area contributed by atoms with Gasteiger partial charge in [-0.25, -0.2) is 0 Å². The zero-order valence-electron chi connectivity index (χ0n) is 25.3. The molecule has 0 unspecified atom stereocenters. The van der Waals surface area contributed by atoms with Crippen molar-refractivity contribution >= 4 is 88.5 Å². The molecule has 0 bridgehead atoms. The van der Waals surface area contributed by atoms with E-state index in [0.29, 0.717) is 0 Å². The molecule has 0 radical (unpaired) electrons. The van der Waals surface area contributed by atoms with Crippen LogP contribution in [-0.2, 0) is 0 Å². The molecule has 0 saturated carbocycles. The molecule has 6 aromatic carbocycles. The van der Waals surface area contributed by atoms with Crippen LogP contribution in [0.4, 0.5) is 5.00 Å². The molecule has 0 atom stereocenters. The summed E-state index contributed by atoms with van der Waals surface area (Å²) in [6.07, 6.45) is 2.28. The van der Waals surface area contributed by atoms with Gasteiger partial charge in [0.1, 0.15) is 5.00 Å². The van der Waals surface area contributed by atoms with Crippen LogP contribution in [0.25, 0.3) is 82.3 Å². The lowest BCUT2D eigenvalue weighted by molar-refractivity contribution is 1.18. The number of nitrogens with zero attached hydrogens (tertiary/aromatic N) is 3. The average molecular weight is 608 g/mol. The Balaban J connectivity index is 1.25. The van der Waals surface area contributed by atoms with Gasteiger partial charge in [0.2, 0.25) is 0 Å². The lowest BCUT2D eigenvalue weighted by atomic mass is 10.0. The van der Waals surface area contributed by atoms with Crippen LogP contribution in [0.2, 0.25) is 0 Å². The molecule has 0 N–H and O–H groups in total. The molecule has 0 aliphatic rings. The van der Waals surface area contributed by atoms with Gasteiger partial charge in [-0.1, -0.05) is 91.0 Å². The Labute approximate surface area is 270 Å². The number of hydrogen-bond donors (Lipinski definition) is 0. The normalized spacial score (nSPS) is 12.2. The minimum Gasteiger partial charge on any atom is -0.313 e. The Morgan fingerprint density at radius 2 is 1.20 bits per heavy atom. The number of benzene rings is 6. The quantitative estimate of drug-likeness (QED) is 0.174. The third kappa shape index (κ3) is 4.01. The van der Waals surface area contributed by atoms with Crippen molar-refractivity contribution in [3.63, 3.8) is 0 Å². The summed E-state index contributed by atoms with van der Waals surface area (Å²) in [7, 11) is 0. The average Bonchev–Trinajstić information content (AvgIpc) is 3.75. The van der Waals surface area contributed by atoms with E-state index in [9.17, 15) is 0 Å². The van der Waals surface area contributed by atoms with Crippen LogP contribution in [0.5, 0.6) is 0 Å². The van der Waals surface area contributed by atoms with Crippen molar-refractivity contribution in [1.29, 1.82) is 0 Å². The van der Waals surface area contributed by atoms with E-state index >= 15 is 0 Å². The molecule has 0 aliphatic heterocycles. The van der Waals surface area contributed by atoms with E-state index in [0.717, 1.165) is 21.9 Å². The van der Waals surface area contributed by atoms with Gasteiger partial charge in [0.25, 0.3) is 0 Å². The lowest BCUT2D eigenvalue weighted by Gasteiger charge is -2.11. The van der Waals surface area contributed by atoms with Gasteiger partial charge < -0.3 is 9.13 Å². The van der Waals surface area contributed by atoms with Crippen LogP contribution in [0.15, 0.2) is 145 Å². The van der Waals surface area contributed by atoms with Crippen LogP contribution in [0.1, 0.15) is 12.5 Å². The van der Waals surface area contributed by atoms with Crippen molar-refractivity contribution < 1.29 is 0 Å². The monoisotopic (exact) mass is 607 g/mol. The van der Waals surface area contributed by atoms with E-state index in [4.69, 9.17) is 0 Å². The van der Waals surface area contributed by atoms with E-state index in [1.165, 1.54) is 64.8 Å². The number of para-hydroxylation sites is 3. The van der Waals surface area contributed by atoms with E-state index in [1.54, 1.807) is 11.3 Å². The lowest BCUT2D eigenvalue weighted by Crippen LogP contribution is -1.95. The fraction of sp³-hybridized carbons (Fsp3) is 0.0238. The predicted molar refractivity (Wildman–Crippen MR) is 200 cm³/mol. The van der Waals surface area contributed by atoms with Gasteiger partial charge in [-0.15, -0.1) is 11.3 Å². The van der Waals surface area contributed by atoms with Crippen LogP contribution >= 0.6 is 11.3 Å². The van der Waals surface area contributed by atoms with E-state index in [1.807, 2.05) is 0 Å². The van der Waals surface area contributed by atoms with E-state index < -0.39 is 0 Å². The summed E-state index contributed by atoms with van der Waals surface area (Å²) in [5, 5.41) is 7.13. The number of thiophene rings is 1. The summed E-state index contributed by atoms with van der Waals surface area (Å²) in [6.45, 7) is 6.14. The Kier molecular flexibility index (Phi) is 6.05. The molecular formula is C42H29N3S. The molecule has 3 nitrogen and oxygen atoms in total. The maximum atomic E-state index is 4.47. The van der Waals surface area contributed by atoms with Gasteiger partial charge in [-0.05, 0) is 79.4 Å². The second-order valence-electron chi connectivity index (χ2n) is 11.8. The number of allylic oxidation sites excluding steroid dienone is 1. The summed E-state index contributed by atoms with van der Waals surface area (Å²) >= 11 is 1.69. The molecule has 0 spiro atoms. The Morgan fingerprint density at radius 1 is 0.587 bits per heavy atom. The fourth-order valence-electron chi connectivity index (χ4n) is 7.13. The molecule has 9 aromatic rings. The molecule has 0 aliphatic carbocycles. The minimum absolute atomic E-state index is 0.939. The highest BCUT2D eigenvalue weighted by Crippen LogP contribution is 2.42. The largest absolute Gasteiger partial charge is 0.313 e. The Morgan fingerprint density at radius 3 is 1.89 bits per heavy atom. The van der Waals surface area contributed by atoms with Gasteiger partial charge in [-0.3, -0.25) is 4.99 Å². The second kappa shape index (κ2) is 10.4. The number of hydrogen-bond acceptors (Lipinski definition) is 2. The first-order valence-electron chi connectivity index (χ1n) is 15.5. The topological polar surface area (TPSA) is 22.2 Å². The number of fused-ring (bicyclic) bond motifs is 7. The first kappa shape index (κ1) is 26.7. The zero-order chi connectivity index (χ0) is 30.8. The van der Waals surface area contributed by atoms with Crippen molar-refractivity contribution in [2.75, 3.05) is 0 Å². The summed E-state index contributed by atoms with van der Waals surface area (Å²) < 4.78 is 5.99. The summed E-state index contributed by atoms with van der Waals surface area (Å²) in [6, 6.07) is 50.2. The smallest absolute Gasteiger partial charge is 0.123 e. The van der Waals surface area contributed by atoms with Crippen LogP contribution in [-0.4, -0.2) is 15.9 Å². The van der Waals surface area contributed by atoms with Gasteiger partial charge in [-0.2, -0.15) is 0 Å². The van der Waals surface area contributed by atoms with E-state index in [2.05, 4.69) is 173 Å². The molecule has 0 amide bonds. The van der Waals surface area contributed by atoms with Crippen LogP contribution < -0.4 is 0 Å². The highest BCUT2D eigenvalue weighted by Gasteiger charge is 2.17. The first-order chi connectivity index (χ1) is 22.7. The highest BCUT2D eigenvalue weighted by molar-refractivity contribution is 7.23. The van der Waals surface area contributed by atoms with Crippen molar-refractivity contribution in [2.45, 2.75) is 6.92 Å². The first-order valence-corrected chi connectivity index (χ1v) is 16.3. The van der Waals surface area contributed by atoms with Gasteiger partial charge in [0.15, 0.2) is 0 Å². The molecular weight excluding hydrogens is 579 g/mol. The summed E-state index contributed by atoms with van der Waals surface area (Å²) in [5.74, 6) is 0. The molecule has 4 heteroatoms. The highest BCUT2D eigenvalue weighted by atomic mass is 32.1. The number of aliphatic imine (C=N–C) groups is 1. The molecule has 3 heterocycles. The maximum absolute atomic E-state index is 4.47.